The Hall–Kier alpha value is -2.44. The van der Waals surface area contributed by atoms with Crippen molar-refractivity contribution < 1.29 is 4.92 Å². The SMILES string of the molecule is Cc1ccc([N+](=O)[O-])cc1-c1n[nH]c(=O)[nH]1. The minimum Gasteiger partial charge on any atom is -0.289 e. The molecule has 1 aromatic heterocycles. The van der Waals surface area contributed by atoms with E-state index < -0.39 is 10.6 Å². The maximum atomic E-state index is 10.9. The van der Waals surface area contributed by atoms with Crippen molar-refractivity contribution in [2.24, 2.45) is 0 Å². The Bertz CT molecular complexity index is 599. The molecule has 0 aliphatic carbocycles. The van der Waals surface area contributed by atoms with E-state index in [0.29, 0.717) is 11.4 Å². The molecule has 82 valence electrons. The highest BCUT2D eigenvalue weighted by Crippen LogP contribution is 2.23. The molecule has 7 nitrogen and oxygen atoms in total. The number of aromatic nitrogens is 3. The van der Waals surface area contributed by atoms with Crippen molar-refractivity contribution in [1.29, 1.82) is 0 Å². The van der Waals surface area contributed by atoms with Gasteiger partial charge in [-0.2, -0.15) is 5.10 Å². The van der Waals surface area contributed by atoms with Crippen LogP contribution in [-0.4, -0.2) is 20.1 Å². The van der Waals surface area contributed by atoms with Crippen LogP contribution < -0.4 is 5.69 Å². The maximum absolute atomic E-state index is 10.9. The Morgan fingerprint density at radius 3 is 2.75 bits per heavy atom. The lowest BCUT2D eigenvalue weighted by atomic mass is 10.1. The zero-order chi connectivity index (χ0) is 11.7. The van der Waals surface area contributed by atoms with Crippen LogP contribution in [0.1, 0.15) is 5.56 Å². The molecule has 0 saturated heterocycles. The number of nitrogens with one attached hydrogen (secondary N) is 2. The van der Waals surface area contributed by atoms with E-state index in [-0.39, 0.29) is 5.69 Å². The van der Waals surface area contributed by atoms with Crippen molar-refractivity contribution in [3.05, 3.63) is 44.4 Å². The van der Waals surface area contributed by atoms with Crippen LogP contribution in [-0.2, 0) is 0 Å². The predicted octanol–water partition coefficient (Wildman–Crippen LogP) is 0.982. The molecule has 0 aliphatic heterocycles. The van der Waals surface area contributed by atoms with Crippen molar-refractivity contribution in [2.75, 3.05) is 0 Å². The molecule has 0 amide bonds. The van der Waals surface area contributed by atoms with Gasteiger partial charge in [-0.15, -0.1) is 0 Å². The molecule has 0 spiro atoms. The third kappa shape index (κ3) is 1.70. The fraction of sp³-hybridized carbons (Fsp3) is 0.111. The molecule has 2 aromatic rings. The van der Waals surface area contributed by atoms with E-state index in [1.807, 2.05) is 0 Å². The van der Waals surface area contributed by atoms with Crippen LogP contribution in [0, 0.1) is 17.0 Å². The monoisotopic (exact) mass is 220 g/mol. The minimum absolute atomic E-state index is 0.0375. The summed E-state index contributed by atoms with van der Waals surface area (Å²) in [6.07, 6.45) is 0. The van der Waals surface area contributed by atoms with Crippen LogP contribution in [0.2, 0.25) is 0 Å². The van der Waals surface area contributed by atoms with E-state index in [2.05, 4.69) is 15.2 Å². The molecule has 0 fully saturated rings. The van der Waals surface area contributed by atoms with Crippen LogP contribution in [0.3, 0.4) is 0 Å². The van der Waals surface area contributed by atoms with Gasteiger partial charge >= 0.3 is 5.69 Å². The Kier molecular flexibility index (Phi) is 2.28. The molecule has 16 heavy (non-hydrogen) atoms. The third-order valence-corrected chi connectivity index (χ3v) is 2.19. The quantitative estimate of drug-likeness (QED) is 0.581. The van der Waals surface area contributed by atoms with E-state index >= 15 is 0 Å². The van der Waals surface area contributed by atoms with Crippen LogP contribution in [0.25, 0.3) is 11.4 Å². The number of nitro benzene ring substituents is 1. The summed E-state index contributed by atoms with van der Waals surface area (Å²) in [4.78, 5) is 23.5. The van der Waals surface area contributed by atoms with Gasteiger partial charge in [0.05, 0.1) is 4.92 Å². The minimum atomic E-state index is -0.492. The summed E-state index contributed by atoms with van der Waals surface area (Å²) >= 11 is 0. The van der Waals surface area contributed by atoms with Gasteiger partial charge in [0.2, 0.25) is 0 Å². The largest absolute Gasteiger partial charge is 0.340 e. The van der Waals surface area contributed by atoms with Crippen LogP contribution >= 0.6 is 0 Å². The average Bonchev–Trinajstić information content (AvgIpc) is 2.65. The highest BCUT2D eigenvalue weighted by atomic mass is 16.6. The van der Waals surface area contributed by atoms with Gasteiger partial charge in [0.1, 0.15) is 0 Å². The Labute approximate surface area is 89.3 Å². The van der Waals surface area contributed by atoms with Gasteiger partial charge < -0.3 is 0 Å². The second kappa shape index (κ2) is 3.61. The van der Waals surface area contributed by atoms with Gasteiger partial charge in [0, 0.05) is 17.7 Å². The first-order chi connectivity index (χ1) is 7.58. The molecule has 0 aliphatic rings. The van der Waals surface area contributed by atoms with Gasteiger partial charge in [-0.05, 0) is 12.5 Å². The summed E-state index contributed by atoms with van der Waals surface area (Å²) in [5, 5.41) is 16.6. The lowest BCUT2D eigenvalue weighted by Gasteiger charge is -2.00. The summed E-state index contributed by atoms with van der Waals surface area (Å²) in [7, 11) is 0. The average molecular weight is 220 g/mol. The number of benzene rings is 1. The molecule has 0 atom stereocenters. The zero-order valence-electron chi connectivity index (χ0n) is 8.35. The molecule has 0 bridgehead atoms. The van der Waals surface area contributed by atoms with Crippen molar-refractivity contribution in [2.45, 2.75) is 6.92 Å². The Balaban J connectivity index is 2.59. The number of hydrogen-bond donors (Lipinski definition) is 2. The van der Waals surface area contributed by atoms with Gasteiger partial charge in [0.15, 0.2) is 5.82 Å². The van der Waals surface area contributed by atoms with Crippen LogP contribution in [0.4, 0.5) is 5.69 Å². The molecule has 0 saturated carbocycles. The molecule has 0 unspecified atom stereocenters. The van der Waals surface area contributed by atoms with Gasteiger partial charge in [0.25, 0.3) is 5.69 Å². The normalized spacial score (nSPS) is 10.3. The lowest BCUT2D eigenvalue weighted by molar-refractivity contribution is -0.384. The van der Waals surface area contributed by atoms with Crippen molar-refractivity contribution in [1.82, 2.24) is 15.2 Å². The highest BCUT2D eigenvalue weighted by Gasteiger charge is 2.12. The number of nitrogens with zero attached hydrogens (tertiary/aromatic N) is 2. The van der Waals surface area contributed by atoms with Crippen molar-refractivity contribution in [3.8, 4) is 11.4 Å². The molecule has 1 heterocycles. The van der Waals surface area contributed by atoms with E-state index in [1.54, 1.807) is 13.0 Å². The molecule has 1 aromatic carbocycles. The predicted molar refractivity (Wildman–Crippen MR) is 56.0 cm³/mol. The summed E-state index contributed by atoms with van der Waals surface area (Å²) in [6, 6.07) is 4.39. The second-order valence-electron chi connectivity index (χ2n) is 3.28. The van der Waals surface area contributed by atoms with E-state index in [0.717, 1.165) is 5.56 Å². The number of hydrogen-bond acceptors (Lipinski definition) is 4. The van der Waals surface area contributed by atoms with Crippen molar-refractivity contribution in [3.63, 3.8) is 0 Å². The van der Waals surface area contributed by atoms with Crippen LogP contribution in [0.5, 0.6) is 0 Å². The molecule has 2 rings (SSSR count). The molecular formula is C9H8N4O3. The standard InChI is InChI=1S/C9H8N4O3/c1-5-2-3-6(13(15)16)4-7(5)8-10-9(14)12-11-8/h2-4H,1H3,(H2,10,11,12,14). The topological polar surface area (TPSA) is 105 Å². The first-order valence-corrected chi connectivity index (χ1v) is 4.48. The van der Waals surface area contributed by atoms with Crippen LogP contribution in [0.15, 0.2) is 23.0 Å². The molecule has 7 heteroatoms. The summed E-state index contributed by atoms with van der Waals surface area (Å²) in [5.74, 6) is 0.297. The molecule has 2 N–H and O–H groups in total. The Morgan fingerprint density at radius 2 is 2.19 bits per heavy atom. The summed E-state index contributed by atoms with van der Waals surface area (Å²) in [5.41, 5.74) is 0.853. The van der Waals surface area contributed by atoms with Crippen molar-refractivity contribution >= 4 is 5.69 Å². The number of non-ortho nitro benzene ring substituents is 1. The smallest absolute Gasteiger partial charge is 0.289 e. The van der Waals surface area contributed by atoms with E-state index in [4.69, 9.17) is 0 Å². The first-order valence-electron chi connectivity index (χ1n) is 4.48. The molecular weight excluding hydrogens is 212 g/mol. The second-order valence-corrected chi connectivity index (χ2v) is 3.28. The fourth-order valence-corrected chi connectivity index (χ4v) is 1.38. The summed E-state index contributed by atoms with van der Waals surface area (Å²) in [6.45, 7) is 1.78. The Morgan fingerprint density at radius 1 is 1.44 bits per heavy atom. The maximum Gasteiger partial charge on any atom is 0.340 e. The molecule has 0 radical (unpaired) electrons. The van der Waals surface area contributed by atoms with Gasteiger partial charge in [-0.25, -0.2) is 9.89 Å². The first kappa shape index (κ1) is 10.1. The van der Waals surface area contributed by atoms with Gasteiger partial charge in [-0.1, -0.05) is 6.07 Å². The van der Waals surface area contributed by atoms with Gasteiger partial charge in [-0.3, -0.25) is 15.1 Å². The number of nitro groups is 1. The number of aryl methyl sites for hydroxylation is 1. The van der Waals surface area contributed by atoms with E-state index in [1.165, 1.54) is 12.1 Å². The number of H-pyrrole nitrogens is 2. The third-order valence-electron chi connectivity index (χ3n) is 2.19. The fourth-order valence-electron chi connectivity index (χ4n) is 1.38. The van der Waals surface area contributed by atoms with E-state index in [9.17, 15) is 14.9 Å². The highest BCUT2D eigenvalue weighted by molar-refractivity contribution is 5.63. The summed E-state index contributed by atoms with van der Waals surface area (Å²) < 4.78 is 0. The number of aromatic amines is 2. The lowest BCUT2D eigenvalue weighted by Crippen LogP contribution is -2.00. The zero-order valence-corrected chi connectivity index (χ0v) is 8.35. The number of rotatable bonds is 2.